The van der Waals surface area contributed by atoms with Crippen molar-refractivity contribution in [2.75, 3.05) is 6.61 Å². The van der Waals surface area contributed by atoms with Gasteiger partial charge in [-0.1, -0.05) is 32.0 Å². The number of rotatable bonds is 5. The molecule has 7 nitrogen and oxygen atoms in total. The number of aromatic nitrogens is 2. The highest BCUT2D eigenvalue weighted by molar-refractivity contribution is 5.99. The largest absolute Gasteiger partial charge is 0.394 e. The number of H-pyrrole nitrogens is 1. The van der Waals surface area contributed by atoms with Crippen LogP contribution < -0.4 is 5.73 Å². The summed E-state index contributed by atoms with van der Waals surface area (Å²) in [5, 5.41) is 17.9. The van der Waals surface area contributed by atoms with Gasteiger partial charge in [0.1, 0.15) is 0 Å². The van der Waals surface area contributed by atoms with E-state index in [-0.39, 0.29) is 17.9 Å². The number of nitrogens with zero attached hydrogens (tertiary/aromatic N) is 2. The maximum Gasteiger partial charge on any atom is 0.255 e. The van der Waals surface area contributed by atoms with E-state index in [2.05, 4.69) is 24.0 Å². The topological polar surface area (TPSA) is 112 Å². The number of carbonyl (C=O) groups excluding carboxylic acids is 2. The third-order valence-corrected chi connectivity index (χ3v) is 7.00. The molecule has 4 N–H and O–H groups in total. The van der Waals surface area contributed by atoms with Gasteiger partial charge in [0.15, 0.2) is 0 Å². The van der Waals surface area contributed by atoms with Gasteiger partial charge in [0.05, 0.1) is 18.3 Å². The number of benzene rings is 2. The predicted molar refractivity (Wildman–Crippen MR) is 124 cm³/mol. The second-order valence-electron chi connectivity index (χ2n) is 9.86. The van der Waals surface area contributed by atoms with Gasteiger partial charge in [-0.25, -0.2) is 0 Å². The van der Waals surface area contributed by atoms with Crippen LogP contribution in [0.25, 0.3) is 11.3 Å². The Hall–Kier alpha value is -3.45. The van der Waals surface area contributed by atoms with E-state index in [1.165, 1.54) is 11.3 Å². The number of primary amides is 1. The fourth-order valence-corrected chi connectivity index (χ4v) is 5.08. The lowest BCUT2D eigenvalue weighted by atomic mass is 9.76. The fraction of sp³-hybridized carbons (Fsp3) is 0.346. The number of carbonyl (C=O) groups is 2. The van der Waals surface area contributed by atoms with Crippen molar-refractivity contribution < 1.29 is 14.7 Å². The molecule has 2 amide bonds. The number of hydrogen-bond donors (Lipinski definition) is 3. The van der Waals surface area contributed by atoms with Crippen LogP contribution >= 0.6 is 0 Å². The molecule has 0 bridgehead atoms. The van der Waals surface area contributed by atoms with Crippen LogP contribution in [0.3, 0.4) is 0 Å². The molecule has 0 saturated carbocycles. The molecule has 0 unspecified atom stereocenters. The third kappa shape index (κ3) is 3.72. The number of aliphatic hydroxyl groups is 1. The summed E-state index contributed by atoms with van der Waals surface area (Å²) in [7, 11) is 0. The first kappa shape index (κ1) is 21.4. The second-order valence-corrected chi connectivity index (χ2v) is 9.86. The maximum atomic E-state index is 13.2. The minimum absolute atomic E-state index is 0.111. The Morgan fingerprint density at radius 1 is 1.24 bits per heavy atom. The average molecular weight is 445 g/mol. The number of nitrogens with two attached hydrogens (primary N) is 1. The highest BCUT2D eigenvalue weighted by Gasteiger charge is 2.34. The first-order chi connectivity index (χ1) is 15.8. The lowest BCUT2D eigenvalue weighted by molar-refractivity contribution is 0.0615. The average Bonchev–Trinajstić information content (AvgIpc) is 3.34. The van der Waals surface area contributed by atoms with E-state index in [1.54, 1.807) is 29.2 Å². The number of hydrogen-bond acceptors (Lipinski definition) is 4. The lowest BCUT2D eigenvalue weighted by Crippen LogP contribution is -2.31. The van der Waals surface area contributed by atoms with Gasteiger partial charge >= 0.3 is 0 Å². The minimum Gasteiger partial charge on any atom is -0.394 e. The third-order valence-electron chi connectivity index (χ3n) is 7.00. The van der Waals surface area contributed by atoms with Crippen LogP contribution in [-0.4, -0.2) is 38.6 Å². The van der Waals surface area contributed by atoms with Crippen LogP contribution in [0.2, 0.25) is 0 Å². The van der Waals surface area contributed by atoms with Crippen molar-refractivity contribution >= 4 is 11.8 Å². The Morgan fingerprint density at radius 3 is 2.70 bits per heavy atom. The molecule has 2 aliphatic rings. The fourth-order valence-electron chi connectivity index (χ4n) is 5.08. The molecule has 0 spiro atoms. The van der Waals surface area contributed by atoms with Crippen molar-refractivity contribution in [3.63, 3.8) is 0 Å². The summed E-state index contributed by atoms with van der Waals surface area (Å²) in [5.74, 6) is -0.621. The molecule has 1 aromatic heterocycles. The Balaban J connectivity index is 1.43. The summed E-state index contributed by atoms with van der Waals surface area (Å²) < 4.78 is 0. The van der Waals surface area contributed by atoms with E-state index >= 15 is 0 Å². The van der Waals surface area contributed by atoms with Crippen molar-refractivity contribution in [2.45, 2.75) is 45.7 Å². The summed E-state index contributed by atoms with van der Waals surface area (Å²) in [6.45, 7) is 4.76. The van der Waals surface area contributed by atoms with Crippen molar-refractivity contribution in [1.29, 1.82) is 0 Å². The summed E-state index contributed by atoms with van der Waals surface area (Å²) in [6, 6.07) is 12.1. The minimum atomic E-state index is -0.511. The van der Waals surface area contributed by atoms with E-state index in [0.717, 1.165) is 41.6 Å². The first-order valence-electron chi connectivity index (χ1n) is 11.3. The van der Waals surface area contributed by atoms with Gasteiger partial charge < -0.3 is 15.7 Å². The highest BCUT2D eigenvalue weighted by atomic mass is 16.3. The summed E-state index contributed by atoms with van der Waals surface area (Å²) in [5.41, 5.74) is 12.8. The van der Waals surface area contributed by atoms with Crippen LogP contribution in [-0.2, 0) is 19.4 Å². The Bertz CT molecular complexity index is 1240. The highest BCUT2D eigenvalue weighted by Crippen LogP contribution is 2.39. The van der Waals surface area contributed by atoms with Gasteiger partial charge in [-0.15, -0.1) is 0 Å². The number of amides is 2. The standard InChI is InChI=1S/C26H28N4O3/c1-26(2)10-9-20-21(12-26)28-29-23(20)17-7-8-19-18(11-17)13-30(25(19)33)22(14-31)15-3-5-16(6-4-15)24(27)32/h3-8,11,22,31H,9-10,12-14H2,1-2H3,(H2,27,32)(H,28,29)/t22-/m1/s1. The quantitative estimate of drug-likeness (QED) is 0.560. The maximum absolute atomic E-state index is 13.2. The van der Waals surface area contributed by atoms with E-state index in [0.29, 0.717) is 17.7 Å². The second kappa shape index (κ2) is 7.85. The normalized spacial score (nSPS) is 17.5. The molecule has 5 rings (SSSR count). The molecular weight excluding hydrogens is 416 g/mol. The summed E-state index contributed by atoms with van der Waals surface area (Å²) in [4.78, 5) is 26.2. The zero-order chi connectivity index (χ0) is 23.3. The SMILES string of the molecule is CC1(C)CCc2c(-c3ccc4c(c3)CN([C@H](CO)c3ccc(C(N)=O)cc3)C4=O)n[nH]c2C1. The number of nitrogens with one attached hydrogen (secondary N) is 1. The van der Waals surface area contributed by atoms with Crippen LogP contribution in [0.4, 0.5) is 0 Å². The summed E-state index contributed by atoms with van der Waals surface area (Å²) in [6.07, 6.45) is 3.10. The molecule has 1 atom stereocenters. The van der Waals surface area contributed by atoms with Gasteiger partial charge in [-0.05, 0) is 60.1 Å². The molecule has 0 fully saturated rings. The van der Waals surface area contributed by atoms with Crippen LogP contribution in [0.1, 0.15) is 69.4 Å². The van der Waals surface area contributed by atoms with Gasteiger partial charge in [0, 0.05) is 34.5 Å². The zero-order valence-electron chi connectivity index (χ0n) is 18.9. The monoisotopic (exact) mass is 444 g/mol. The molecule has 2 heterocycles. The molecular formula is C26H28N4O3. The van der Waals surface area contributed by atoms with Gasteiger partial charge in [-0.3, -0.25) is 14.7 Å². The van der Waals surface area contributed by atoms with Crippen molar-refractivity contribution in [2.24, 2.45) is 11.1 Å². The number of aliphatic hydroxyl groups excluding tert-OH is 1. The van der Waals surface area contributed by atoms with E-state index in [9.17, 15) is 14.7 Å². The van der Waals surface area contributed by atoms with Crippen LogP contribution in [0.15, 0.2) is 42.5 Å². The Morgan fingerprint density at radius 2 is 2.00 bits per heavy atom. The van der Waals surface area contributed by atoms with Crippen molar-refractivity contribution in [3.8, 4) is 11.3 Å². The van der Waals surface area contributed by atoms with Crippen LogP contribution in [0.5, 0.6) is 0 Å². The number of fused-ring (bicyclic) bond motifs is 2. The van der Waals surface area contributed by atoms with Crippen molar-refractivity contribution in [3.05, 3.63) is 76.0 Å². The molecule has 2 aromatic carbocycles. The molecule has 1 aliphatic heterocycles. The summed E-state index contributed by atoms with van der Waals surface area (Å²) >= 11 is 0. The molecule has 7 heteroatoms. The van der Waals surface area contributed by atoms with Gasteiger partial charge in [0.2, 0.25) is 5.91 Å². The first-order valence-corrected chi connectivity index (χ1v) is 11.3. The van der Waals surface area contributed by atoms with Crippen LogP contribution in [0, 0.1) is 5.41 Å². The Kier molecular flexibility index (Phi) is 5.09. The molecule has 3 aromatic rings. The van der Waals surface area contributed by atoms with Gasteiger partial charge in [0.25, 0.3) is 5.91 Å². The smallest absolute Gasteiger partial charge is 0.255 e. The molecule has 1 aliphatic carbocycles. The molecule has 0 saturated heterocycles. The van der Waals surface area contributed by atoms with E-state index in [1.807, 2.05) is 18.2 Å². The lowest BCUT2D eigenvalue weighted by Gasteiger charge is -2.29. The predicted octanol–water partition coefficient (Wildman–Crippen LogP) is 3.38. The number of aromatic amines is 1. The zero-order valence-corrected chi connectivity index (χ0v) is 18.9. The van der Waals surface area contributed by atoms with E-state index < -0.39 is 11.9 Å². The van der Waals surface area contributed by atoms with Crippen molar-refractivity contribution in [1.82, 2.24) is 15.1 Å². The molecule has 170 valence electrons. The Labute approximate surface area is 192 Å². The molecule has 33 heavy (non-hydrogen) atoms. The molecule has 0 radical (unpaired) electrons. The van der Waals surface area contributed by atoms with Gasteiger partial charge in [-0.2, -0.15) is 5.10 Å². The van der Waals surface area contributed by atoms with E-state index in [4.69, 9.17) is 5.73 Å².